The van der Waals surface area contributed by atoms with Gasteiger partial charge in [0.15, 0.2) is 5.78 Å². The Morgan fingerprint density at radius 3 is 2.30 bits per heavy atom. The van der Waals surface area contributed by atoms with Crippen molar-refractivity contribution in [1.29, 1.82) is 0 Å². The molecule has 0 aliphatic carbocycles. The van der Waals surface area contributed by atoms with Gasteiger partial charge in [-0.15, -0.1) is 0 Å². The molecule has 3 heteroatoms. The molecule has 0 aliphatic heterocycles. The number of hydrogen-bond acceptors (Lipinski definition) is 3. The summed E-state index contributed by atoms with van der Waals surface area (Å²) in [6, 6.07) is 17.5. The van der Waals surface area contributed by atoms with Crippen LogP contribution in [0.15, 0.2) is 54.6 Å². The Morgan fingerprint density at radius 1 is 1.05 bits per heavy atom. The van der Waals surface area contributed by atoms with Crippen molar-refractivity contribution in [3.63, 3.8) is 0 Å². The molecule has 0 N–H and O–H groups in total. The highest BCUT2D eigenvalue weighted by atomic mass is 16.5. The molecule has 0 spiro atoms. The van der Waals surface area contributed by atoms with Crippen LogP contribution in [0.5, 0.6) is 5.75 Å². The van der Waals surface area contributed by atoms with Crippen LogP contribution in [0, 0.1) is 0 Å². The fourth-order valence-corrected chi connectivity index (χ4v) is 1.91. The molecule has 104 valence electrons. The number of hydrogen-bond donors (Lipinski definition) is 0. The molecular weight excluding hydrogens is 250 g/mol. The maximum Gasteiger partial charge on any atom is 0.159 e. The van der Waals surface area contributed by atoms with Crippen molar-refractivity contribution in [3.8, 4) is 5.75 Å². The maximum atomic E-state index is 11.2. The van der Waals surface area contributed by atoms with Gasteiger partial charge in [-0.1, -0.05) is 30.3 Å². The van der Waals surface area contributed by atoms with Gasteiger partial charge in [0.1, 0.15) is 12.5 Å². The summed E-state index contributed by atoms with van der Waals surface area (Å²) < 4.78 is 5.69. The van der Waals surface area contributed by atoms with Crippen molar-refractivity contribution in [3.05, 3.63) is 65.7 Å². The number of ketones is 1. The van der Waals surface area contributed by atoms with Crippen molar-refractivity contribution in [2.75, 3.05) is 13.8 Å². The Morgan fingerprint density at radius 2 is 1.70 bits per heavy atom. The first-order valence-electron chi connectivity index (χ1n) is 6.61. The largest absolute Gasteiger partial charge is 0.478 e. The van der Waals surface area contributed by atoms with Crippen LogP contribution in [0.1, 0.15) is 22.8 Å². The van der Waals surface area contributed by atoms with E-state index in [0.29, 0.717) is 12.3 Å². The van der Waals surface area contributed by atoms with Crippen molar-refractivity contribution in [2.24, 2.45) is 0 Å². The second-order valence-electron chi connectivity index (χ2n) is 4.85. The van der Waals surface area contributed by atoms with Gasteiger partial charge in [-0.25, -0.2) is 0 Å². The normalized spacial score (nSPS) is 10.6. The zero-order valence-electron chi connectivity index (χ0n) is 11.9. The van der Waals surface area contributed by atoms with Crippen molar-refractivity contribution in [2.45, 2.75) is 13.5 Å². The summed E-state index contributed by atoms with van der Waals surface area (Å²) in [6.45, 7) is 2.91. The first kappa shape index (κ1) is 14.3. The van der Waals surface area contributed by atoms with Crippen LogP contribution >= 0.6 is 0 Å². The van der Waals surface area contributed by atoms with Crippen LogP contribution in [-0.4, -0.2) is 24.5 Å². The molecule has 0 saturated carbocycles. The number of carbonyl (C=O) groups is 1. The second-order valence-corrected chi connectivity index (χ2v) is 4.85. The third-order valence-electron chi connectivity index (χ3n) is 3.01. The van der Waals surface area contributed by atoms with E-state index in [9.17, 15) is 4.79 Å². The lowest BCUT2D eigenvalue weighted by atomic mass is 10.1. The van der Waals surface area contributed by atoms with Gasteiger partial charge >= 0.3 is 0 Å². The summed E-state index contributed by atoms with van der Waals surface area (Å²) in [7, 11) is 2.01. The first-order valence-corrected chi connectivity index (χ1v) is 6.61. The lowest BCUT2D eigenvalue weighted by molar-refractivity contribution is 0.101. The average Bonchev–Trinajstić information content (AvgIpc) is 2.46. The zero-order chi connectivity index (χ0) is 14.4. The van der Waals surface area contributed by atoms with E-state index in [1.807, 2.05) is 37.4 Å². The van der Waals surface area contributed by atoms with Gasteiger partial charge in [0, 0.05) is 12.1 Å². The highest BCUT2D eigenvalue weighted by Crippen LogP contribution is 2.13. The fourth-order valence-electron chi connectivity index (χ4n) is 1.91. The van der Waals surface area contributed by atoms with Gasteiger partial charge in [0.05, 0.1) is 0 Å². The number of benzene rings is 2. The lowest BCUT2D eigenvalue weighted by Gasteiger charge is -2.17. The third kappa shape index (κ3) is 4.21. The second kappa shape index (κ2) is 6.87. The van der Waals surface area contributed by atoms with Crippen LogP contribution in [-0.2, 0) is 6.54 Å². The predicted octanol–water partition coefficient (Wildman–Crippen LogP) is 3.36. The minimum Gasteiger partial charge on any atom is -0.478 e. The first-order chi connectivity index (χ1) is 9.65. The number of carbonyl (C=O) groups excluding carboxylic acids is 1. The molecule has 3 nitrogen and oxygen atoms in total. The monoisotopic (exact) mass is 269 g/mol. The van der Waals surface area contributed by atoms with Gasteiger partial charge in [-0.2, -0.15) is 0 Å². The average molecular weight is 269 g/mol. The molecule has 0 saturated heterocycles. The topological polar surface area (TPSA) is 29.5 Å². The minimum atomic E-state index is 0.0674. The van der Waals surface area contributed by atoms with Crippen LogP contribution in [0.25, 0.3) is 0 Å². The molecule has 0 unspecified atom stereocenters. The third-order valence-corrected chi connectivity index (χ3v) is 3.01. The standard InChI is InChI=1S/C17H19NO2/c1-14(19)16-8-10-17(11-9-16)20-13-18(2)12-15-6-4-3-5-7-15/h3-11H,12-13H2,1-2H3. The molecule has 0 amide bonds. The quantitative estimate of drug-likeness (QED) is 0.595. The van der Waals surface area contributed by atoms with Crippen molar-refractivity contribution in [1.82, 2.24) is 4.90 Å². The zero-order valence-corrected chi connectivity index (χ0v) is 11.9. The number of rotatable bonds is 6. The van der Waals surface area contributed by atoms with Gasteiger partial charge in [0.25, 0.3) is 0 Å². The molecule has 2 aromatic carbocycles. The Bertz CT molecular complexity index is 549. The van der Waals surface area contributed by atoms with Crippen LogP contribution in [0.2, 0.25) is 0 Å². The number of Topliss-reactive ketones (excluding diaryl/α,β-unsaturated/α-hetero) is 1. The van der Waals surface area contributed by atoms with E-state index in [2.05, 4.69) is 17.0 Å². The van der Waals surface area contributed by atoms with E-state index in [1.54, 1.807) is 19.1 Å². The van der Waals surface area contributed by atoms with Crippen molar-refractivity contribution >= 4 is 5.78 Å². The Balaban J connectivity index is 1.84. The smallest absolute Gasteiger partial charge is 0.159 e. The van der Waals surface area contributed by atoms with Gasteiger partial charge < -0.3 is 4.74 Å². The summed E-state index contributed by atoms with van der Waals surface area (Å²) >= 11 is 0. The van der Waals surface area contributed by atoms with Crippen LogP contribution in [0.4, 0.5) is 0 Å². The summed E-state index contributed by atoms with van der Waals surface area (Å²) in [5.41, 5.74) is 1.96. The van der Waals surface area contributed by atoms with Gasteiger partial charge in [-0.05, 0) is 43.8 Å². The molecule has 0 aliphatic rings. The summed E-state index contributed by atoms with van der Waals surface area (Å²) in [5, 5.41) is 0. The maximum absolute atomic E-state index is 11.2. The molecule has 20 heavy (non-hydrogen) atoms. The van der Waals surface area contributed by atoms with Crippen LogP contribution in [0.3, 0.4) is 0 Å². The molecule has 0 bridgehead atoms. The molecule has 0 fully saturated rings. The highest BCUT2D eigenvalue weighted by molar-refractivity contribution is 5.94. The predicted molar refractivity (Wildman–Crippen MR) is 79.9 cm³/mol. The Hall–Kier alpha value is -2.13. The lowest BCUT2D eigenvalue weighted by Crippen LogP contribution is -2.23. The molecular formula is C17H19NO2. The molecule has 2 rings (SSSR count). The Kier molecular flexibility index (Phi) is 4.91. The number of nitrogens with zero attached hydrogens (tertiary/aromatic N) is 1. The van der Waals surface area contributed by atoms with Crippen LogP contribution < -0.4 is 4.74 Å². The molecule has 0 atom stereocenters. The van der Waals surface area contributed by atoms with E-state index in [-0.39, 0.29) is 5.78 Å². The highest BCUT2D eigenvalue weighted by Gasteiger charge is 2.02. The molecule has 0 heterocycles. The molecule has 2 aromatic rings. The molecule has 0 radical (unpaired) electrons. The van der Waals surface area contributed by atoms with E-state index in [1.165, 1.54) is 5.56 Å². The van der Waals surface area contributed by atoms with Gasteiger partial charge in [-0.3, -0.25) is 9.69 Å². The summed E-state index contributed by atoms with van der Waals surface area (Å²) in [5.74, 6) is 0.840. The fraction of sp³-hybridized carbons (Fsp3) is 0.235. The number of ether oxygens (including phenoxy) is 1. The van der Waals surface area contributed by atoms with E-state index >= 15 is 0 Å². The molecule has 0 aromatic heterocycles. The minimum absolute atomic E-state index is 0.0674. The Labute approximate surface area is 119 Å². The van der Waals surface area contributed by atoms with E-state index in [4.69, 9.17) is 4.74 Å². The summed E-state index contributed by atoms with van der Waals surface area (Å²) in [4.78, 5) is 13.3. The SMILES string of the molecule is CC(=O)c1ccc(OCN(C)Cc2ccccc2)cc1. The summed E-state index contributed by atoms with van der Waals surface area (Å²) in [6.07, 6.45) is 0. The van der Waals surface area contributed by atoms with E-state index in [0.717, 1.165) is 12.3 Å². The van der Waals surface area contributed by atoms with Gasteiger partial charge in [0.2, 0.25) is 0 Å². The van der Waals surface area contributed by atoms with Crippen molar-refractivity contribution < 1.29 is 9.53 Å². The van der Waals surface area contributed by atoms with E-state index < -0.39 is 0 Å².